The summed E-state index contributed by atoms with van der Waals surface area (Å²) < 4.78 is 41.3. The highest BCUT2D eigenvalue weighted by Crippen LogP contribution is 2.65. The number of hydrogen-bond donors (Lipinski definition) is 0. The summed E-state index contributed by atoms with van der Waals surface area (Å²) in [5, 5.41) is 15.0. The van der Waals surface area contributed by atoms with Crippen LogP contribution in [0, 0.1) is 28.6 Å². The van der Waals surface area contributed by atoms with E-state index in [1.165, 1.54) is 5.01 Å². The maximum absolute atomic E-state index is 13.8. The smallest absolute Gasteiger partial charge is 0.247 e. The molecule has 120 valence electrons. The lowest BCUT2D eigenvalue weighted by molar-refractivity contribution is -0.0681. The minimum absolute atomic E-state index is 0.0752. The van der Waals surface area contributed by atoms with Crippen LogP contribution in [0.1, 0.15) is 25.7 Å². The SMILES string of the molecule is N#CC1N(c2ccccc2)N=C(C(F)(F)F)C1(C1CC1)C1CC1. The molecular weight excluding hydrogens is 303 g/mol. The number of hydrazone groups is 1. The van der Waals surface area contributed by atoms with E-state index in [0.29, 0.717) is 5.69 Å². The van der Waals surface area contributed by atoms with E-state index >= 15 is 0 Å². The molecule has 1 heterocycles. The summed E-state index contributed by atoms with van der Waals surface area (Å²) in [6.07, 6.45) is -1.47. The van der Waals surface area contributed by atoms with E-state index in [0.717, 1.165) is 25.7 Å². The fraction of sp³-hybridized carbons (Fsp3) is 0.529. The Morgan fingerprint density at radius 3 is 2.09 bits per heavy atom. The van der Waals surface area contributed by atoms with Crippen LogP contribution in [0.25, 0.3) is 0 Å². The van der Waals surface area contributed by atoms with Gasteiger partial charge in [-0.15, -0.1) is 0 Å². The zero-order chi connectivity index (χ0) is 16.2. The van der Waals surface area contributed by atoms with Gasteiger partial charge in [0.1, 0.15) is 0 Å². The molecular formula is C17H16F3N3. The molecule has 0 aromatic heterocycles. The van der Waals surface area contributed by atoms with Crippen LogP contribution in [-0.4, -0.2) is 17.9 Å². The fourth-order valence-electron chi connectivity index (χ4n) is 4.12. The van der Waals surface area contributed by atoms with Gasteiger partial charge in [-0.1, -0.05) is 18.2 Å². The van der Waals surface area contributed by atoms with E-state index in [-0.39, 0.29) is 11.8 Å². The third-order valence-corrected chi connectivity index (χ3v) is 5.23. The van der Waals surface area contributed by atoms with Gasteiger partial charge in [0.2, 0.25) is 0 Å². The van der Waals surface area contributed by atoms with E-state index in [9.17, 15) is 18.4 Å². The summed E-state index contributed by atoms with van der Waals surface area (Å²) in [7, 11) is 0. The number of nitriles is 1. The highest BCUT2D eigenvalue weighted by atomic mass is 19.4. The molecule has 1 aromatic carbocycles. The van der Waals surface area contributed by atoms with Crippen molar-refractivity contribution in [1.82, 2.24) is 0 Å². The van der Waals surface area contributed by atoms with E-state index in [2.05, 4.69) is 11.2 Å². The Bertz CT molecular complexity index is 669. The Balaban J connectivity index is 1.88. The monoisotopic (exact) mass is 319 g/mol. The standard InChI is InChI=1S/C17H16F3N3/c18-17(19,20)15-16(11-6-7-11,12-8-9-12)14(10-21)23(22-15)13-4-2-1-3-5-13/h1-5,11-12,14H,6-9H2. The molecule has 0 N–H and O–H groups in total. The third kappa shape index (κ3) is 2.06. The second-order valence-electron chi connectivity index (χ2n) is 6.64. The zero-order valence-corrected chi connectivity index (χ0v) is 12.4. The first-order valence-corrected chi connectivity index (χ1v) is 7.89. The first-order valence-electron chi connectivity index (χ1n) is 7.89. The number of nitrogens with zero attached hydrogens (tertiary/aromatic N) is 3. The Labute approximate surface area is 132 Å². The minimum atomic E-state index is -4.50. The van der Waals surface area contributed by atoms with E-state index in [4.69, 9.17) is 0 Å². The van der Waals surface area contributed by atoms with Crippen molar-refractivity contribution in [3.8, 4) is 6.07 Å². The van der Waals surface area contributed by atoms with Crippen LogP contribution in [0.3, 0.4) is 0 Å². The van der Waals surface area contributed by atoms with Crippen molar-refractivity contribution < 1.29 is 13.2 Å². The predicted molar refractivity (Wildman–Crippen MR) is 79.7 cm³/mol. The number of benzene rings is 1. The van der Waals surface area contributed by atoms with Gasteiger partial charge in [-0.3, -0.25) is 0 Å². The Kier molecular flexibility index (Phi) is 2.99. The molecule has 0 amide bonds. The van der Waals surface area contributed by atoms with Gasteiger partial charge in [0, 0.05) is 0 Å². The molecule has 1 aromatic rings. The van der Waals surface area contributed by atoms with Crippen molar-refractivity contribution in [2.24, 2.45) is 22.4 Å². The fourth-order valence-corrected chi connectivity index (χ4v) is 4.12. The second-order valence-corrected chi connectivity index (χ2v) is 6.64. The van der Waals surface area contributed by atoms with Crippen molar-refractivity contribution in [1.29, 1.82) is 5.26 Å². The van der Waals surface area contributed by atoms with Gasteiger partial charge in [0.15, 0.2) is 11.8 Å². The number of anilines is 1. The molecule has 2 aliphatic carbocycles. The van der Waals surface area contributed by atoms with Gasteiger partial charge in [-0.2, -0.15) is 23.5 Å². The summed E-state index contributed by atoms with van der Waals surface area (Å²) >= 11 is 0. The zero-order valence-electron chi connectivity index (χ0n) is 12.4. The molecule has 1 unspecified atom stereocenters. The molecule has 23 heavy (non-hydrogen) atoms. The average molecular weight is 319 g/mol. The van der Waals surface area contributed by atoms with Crippen LogP contribution < -0.4 is 5.01 Å². The number of para-hydroxylation sites is 1. The van der Waals surface area contributed by atoms with Crippen LogP contribution in [0.15, 0.2) is 35.4 Å². The maximum atomic E-state index is 13.8. The molecule has 1 atom stereocenters. The largest absolute Gasteiger partial charge is 0.431 e. The molecule has 0 bridgehead atoms. The normalized spacial score (nSPS) is 26.8. The quantitative estimate of drug-likeness (QED) is 0.840. The minimum Gasteiger partial charge on any atom is -0.247 e. The summed E-state index contributed by atoms with van der Waals surface area (Å²) in [6.45, 7) is 0. The van der Waals surface area contributed by atoms with Gasteiger partial charge in [0.05, 0.1) is 17.2 Å². The van der Waals surface area contributed by atoms with Gasteiger partial charge < -0.3 is 0 Å². The lowest BCUT2D eigenvalue weighted by atomic mass is 9.68. The maximum Gasteiger partial charge on any atom is 0.431 e. The molecule has 4 rings (SSSR count). The highest BCUT2D eigenvalue weighted by molar-refractivity contribution is 6.00. The number of hydrogen-bond acceptors (Lipinski definition) is 3. The Morgan fingerprint density at radius 2 is 1.65 bits per heavy atom. The Morgan fingerprint density at radius 1 is 1.09 bits per heavy atom. The number of alkyl halides is 3. The lowest BCUT2D eigenvalue weighted by Gasteiger charge is -2.36. The number of rotatable bonds is 3. The van der Waals surface area contributed by atoms with E-state index < -0.39 is 23.3 Å². The lowest BCUT2D eigenvalue weighted by Crippen LogP contribution is -2.50. The van der Waals surface area contributed by atoms with Gasteiger partial charge in [-0.25, -0.2) is 5.01 Å². The van der Waals surface area contributed by atoms with Crippen LogP contribution in [-0.2, 0) is 0 Å². The van der Waals surface area contributed by atoms with Crippen molar-refractivity contribution >= 4 is 11.4 Å². The van der Waals surface area contributed by atoms with Crippen molar-refractivity contribution in [2.45, 2.75) is 37.9 Å². The molecule has 0 radical (unpaired) electrons. The highest BCUT2D eigenvalue weighted by Gasteiger charge is 2.70. The van der Waals surface area contributed by atoms with Crippen molar-refractivity contribution in [2.75, 3.05) is 5.01 Å². The first kappa shape index (κ1) is 14.6. The molecule has 6 heteroatoms. The van der Waals surface area contributed by atoms with Crippen molar-refractivity contribution in [3.63, 3.8) is 0 Å². The van der Waals surface area contributed by atoms with Crippen LogP contribution >= 0.6 is 0 Å². The summed E-state index contributed by atoms with van der Waals surface area (Å²) in [6, 6.07) is 10.00. The predicted octanol–water partition coefficient (Wildman–Crippen LogP) is 4.12. The Hall–Kier alpha value is -2.03. The second kappa shape index (κ2) is 4.73. The topological polar surface area (TPSA) is 39.4 Å². The molecule has 2 fully saturated rings. The summed E-state index contributed by atoms with van der Waals surface area (Å²) in [5.74, 6) is -0.150. The molecule has 2 saturated carbocycles. The number of halogens is 3. The average Bonchev–Trinajstić information content (AvgIpc) is 3.42. The van der Waals surface area contributed by atoms with E-state index in [1.807, 2.05) is 0 Å². The first-order chi connectivity index (χ1) is 11.0. The summed E-state index contributed by atoms with van der Waals surface area (Å²) in [5.41, 5.74) is -1.34. The molecule has 3 nitrogen and oxygen atoms in total. The van der Waals surface area contributed by atoms with Crippen LogP contribution in [0.2, 0.25) is 0 Å². The summed E-state index contributed by atoms with van der Waals surface area (Å²) in [4.78, 5) is 0. The van der Waals surface area contributed by atoms with E-state index in [1.54, 1.807) is 30.3 Å². The van der Waals surface area contributed by atoms with Gasteiger partial charge in [-0.05, 0) is 49.7 Å². The molecule has 3 aliphatic rings. The molecule has 0 spiro atoms. The third-order valence-electron chi connectivity index (χ3n) is 5.23. The molecule has 0 saturated heterocycles. The van der Waals surface area contributed by atoms with Gasteiger partial charge >= 0.3 is 6.18 Å². The van der Waals surface area contributed by atoms with Crippen LogP contribution in [0.5, 0.6) is 0 Å². The van der Waals surface area contributed by atoms with Gasteiger partial charge in [0.25, 0.3) is 0 Å². The van der Waals surface area contributed by atoms with Crippen LogP contribution in [0.4, 0.5) is 18.9 Å². The van der Waals surface area contributed by atoms with Crippen molar-refractivity contribution in [3.05, 3.63) is 30.3 Å². The molecule has 1 aliphatic heterocycles.